The van der Waals surface area contributed by atoms with E-state index in [9.17, 15) is 4.79 Å². The molecule has 0 fully saturated rings. The minimum Gasteiger partial charge on any atom is -0.438 e. The van der Waals surface area contributed by atoms with Gasteiger partial charge in [-0.3, -0.25) is 4.79 Å². The molecule has 4 rings (SSSR count). The number of carbonyl (C=O) groups excluding carboxylic acids is 1. The van der Waals surface area contributed by atoms with Crippen LogP contribution in [0.15, 0.2) is 66.7 Å². The first-order chi connectivity index (χ1) is 14.8. The van der Waals surface area contributed by atoms with E-state index in [-0.39, 0.29) is 11.3 Å². The minimum absolute atomic E-state index is 0.0711. The molecule has 6 heteroatoms. The number of para-hydroxylation sites is 1. The SMILES string of the molecule is CC(=O)NCc1c(-c2ccc(C(C)(C)C)cc2)nc2ccc(Oc3ccccc3)nn12. The van der Waals surface area contributed by atoms with Crippen molar-refractivity contribution in [3.8, 4) is 22.9 Å². The second-order valence-corrected chi connectivity index (χ2v) is 8.50. The van der Waals surface area contributed by atoms with Crippen LogP contribution in [0.25, 0.3) is 16.9 Å². The molecule has 2 aromatic heterocycles. The molecule has 0 bridgehead atoms. The van der Waals surface area contributed by atoms with E-state index in [4.69, 9.17) is 9.72 Å². The summed E-state index contributed by atoms with van der Waals surface area (Å²) in [6.07, 6.45) is 0. The summed E-state index contributed by atoms with van der Waals surface area (Å²) in [7, 11) is 0. The molecule has 0 radical (unpaired) electrons. The molecule has 2 aromatic carbocycles. The molecule has 4 aromatic rings. The van der Waals surface area contributed by atoms with E-state index in [1.807, 2.05) is 36.4 Å². The molecular weight excluding hydrogens is 388 g/mol. The Hall–Kier alpha value is -3.67. The molecule has 0 unspecified atom stereocenters. The smallest absolute Gasteiger partial charge is 0.237 e. The molecule has 6 nitrogen and oxygen atoms in total. The summed E-state index contributed by atoms with van der Waals surface area (Å²) in [4.78, 5) is 16.4. The maximum atomic E-state index is 11.6. The van der Waals surface area contributed by atoms with Crippen molar-refractivity contribution in [2.24, 2.45) is 0 Å². The van der Waals surface area contributed by atoms with Crippen molar-refractivity contribution in [2.75, 3.05) is 0 Å². The summed E-state index contributed by atoms with van der Waals surface area (Å²) < 4.78 is 7.63. The van der Waals surface area contributed by atoms with Gasteiger partial charge in [0.25, 0.3) is 0 Å². The first-order valence-corrected chi connectivity index (χ1v) is 10.3. The van der Waals surface area contributed by atoms with Gasteiger partial charge < -0.3 is 10.1 Å². The monoisotopic (exact) mass is 414 g/mol. The zero-order valence-corrected chi connectivity index (χ0v) is 18.2. The van der Waals surface area contributed by atoms with Crippen LogP contribution >= 0.6 is 0 Å². The number of nitrogens with zero attached hydrogens (tertiary/aromatic N) is 3. The molecule has 31 heavy (non-hydrogen) atoms. The molecule has 1 N–H and O–H groups in total. The van der Waals surface area contributed by atoms with Crippen molar-refractivity contribution in [2.45, 2.75) is 39.7 Å². The summed E-state index contributed by atoms with van der Waals surface area (Å²) in [5.41, 5.74) is 4.58. The predicted molar refractivity (Wildman–Crippen MR) is 121 cm³/mol. The van der Waals surface area contributed by atoms with Crippen LogP contribution < -0.4 is 10.1 Å². The van der Waals surface area contributed by atoms with Gasteiger partial charge in [0.05, 0.1) is 17.9 Å². The Morgan fingerprint density at radius 1 is 1.00 bits per heavy atom. The first-order valence-electron chi connectivity index (χ1n) is 10.3. The minimum atomic E-state index is -0.110. The standard InChI is InChI=1S/C25H26N4O2/c1-17(30)26-16-21-24(18-10-12-19(13-11-18)25(2,3)4)27-22-14-15-23(28-29(21)22)31-20-8-6-5-7-9-20/h5-15H,16H2,1-4H3,(H,26,30). The third-order valence-electron chi connectivity index (χ3n) is 5.04. The number of benzene rings is 2. The average Bonchev–Trinajstić information content (AvgIpc) is 3.10. The zero-order valence-electron chi connectivity index (χ0n) is 18.2. The van der Waals surface area contributed by atoms with Crippen LogP contribution in [0.3, 0.4) is 0 Å². The highest BCUT2D eigenvalue weighted by Crippen LogP contribution is 2.29. The highest BCUT2D eigenvalue weighted by atomic mass is 16.5. The lowest BCUT2D eigenvalue weighted by atomic mass is 9.86. The van der Waals surface area contributed by atoms with Crippen molar-refractivity contribution in [3.63, 3.8) is 0 Å². The van der Waals surface area contributed by atoms with E-state index in [0.29, 0.717) is 23.8 Å². The highest BCUT2D eigenvalue weighted by molar-refractivity contribution is 5.73. The third kappa shape index (κ3) is 4.58. The van der Waals surface area contributed by atoms with E-state index >= 15 is 0 Å². The van der Waals surface area contributed by atoms with E-state index in [0.717, 1.165) is 17.0 Å². The maximum absolute atomic E-state index is 11.6. The summed E-state index contributed by atoms with van der Waals surface area (Å²) in [5, 5.41) is 7.51. The predicted octanol–water partition coefficient (Wildman–Crippen LogP) is 5.12. The Labute approximate surface area is 181 Å². The lowest BCUT2D eigenvalue weighted by Gasteiger charge is -2.19. The number of ether oxygens (including phenoxy) is 1. The molecule has 0 aliphatic carbocycles. The van der Waals surface area contributed by atoms with Gasteiger partial charge in [-0.05, 0) is 29.2 Å². The summed E-state index contributed by atoms with van der Waals surface area (Å²) in [6, 6.07) is 21.6. The lowest BCUT2D eigenvalue weighted by molar-refractivity contribution is -0.119. The van der Waals surface area contributed by atoms with Crippen LogP contribution in [-0.4, -0.2) is 20.5 Å². The van der Waals surface area contributed by atoms with Gasteiger partial charge in [-0.15, -0.1) is 5.10 Å². The van der Waals surface area contributed by atoms with Crippen LogP contribution in [-0.2, 0) is 16.8 Å². The number of hydrogen-bond donors (Lipinski definition) is 1. The molecule has 0 aliphatic heterocycles. The molecule has 1 amide bonds. The second-order valence-electron chi connectivity index (χ2n) is 8.50. The first kappa shape index (κ1) is 20.6. The third-order valence-corrected chi connectivity index (χ3v) is 5.04. The van der Waals surface area contributed by atoms with Crippen LogP contribution in [0.5, 0.6) is 11.6 Å². The molecular formula is C25H26N4O2. The van der Waals surface area contributed by atoms with Crippen LogP contribution in [0.4, 0.5) is 0 Å². The molecule has 158 valence electrons. The van der Waals surface area contributed by atoms with Crippen LogP contribution in [0, 0.1) is 0 Å². The van der Waals surface area contributed by atoms with Crippen molar-refractivity contribution in [1.29, 1.82) is 0 Å². The number of nitrogens with one attached hydrogen (secondary N) is 1. The van der Waals surface area contributed by atoms with Crippen LogP contribution in [0.1, 0.15) is 39.0 Å². The summed E-state index contributed by atoms with van der Waals surface area (Å²) >= 11 is 0. The quantitative estimate of drug-likeness (QED) is 0.492. The van der Waals surface area contributed by atoms with Gasteiger partial charge in [0.1, 0.15) is 5.75 Å². The highest BCUT2D eigenvalue weighted by Gasteiger charge is 2.18. The van der Waals surface area contributed by atoms with E-state index in [1.54, 1.807) is 10.6 Å². The summed E-state index contributed by atoms with van der Waals surface area (Å²) in [5.74, 6) is 1.05. The normalized spacial score (nSPS) is 11.5. The Morgan fingerprint density at radius 2 is 1.71 bits per heavy atom. The number of aromatic nitrogens is 3. The number of amides is 1. The number of carbonyl (C=O) groups is 1. The van der Waals surface area contributed by atoms with Crippen molar-refractivity contribution in [1.82, 2.24) is 19.9 Å². The number of rotatable bonds is 5. The second kappa shape index (κ2) is 8.22. The van der Waals surface area contributed by atoms with Gasteiger partial charge >= 0.3 is 0 Å². The fraction of sp³-hybridized carbons (Fsp3) is 0.240. The zero-order chi connectivity index (χ0) is 22.0. The van der Waals surface area contributed by atoms with Crippen molar-refractivity contribution >= 4 is 11.6 Å². The number of fused-ring (bicyclic) bond motifs is 1. The average molecular weight is 415 g/mol. The largest absolute Gasteiger partial charge is 0.438 e. The fourth-order valence-electron chi connectivity index (χ4n) is 3.35. The Bertz CT molecular complexity index is 1210. The van der Waals surface area contributed by atoms with Crippen molar-refractivity contribution in [3.05, 3.63) is 78.0 Å². The van der Waals surface area contributed by atoms with Gasteiger partial charge in [-0.1, -0.05) is 63.2 Å². The Kier molecular flexibility index (Phi) is 5.46. The van der Waals surface area contributed by atoms with Crippen molar-refractivity contribution < 1.29 is 9.53 Å². The van der Waals surface area contributed by atoms with Gasteiger partial charge in [0.15, 0.2) is 5.65 Å². The topological polar surface area (TPSA) is 68.5 Å². The molecule has 0 aliphatic rings. The van der Waals surface area contributed by atoms with E-state index in [2.05, 4.69) is 55.5 Å². The molecule has 0 atom stereocenters. The maximum Gasteiger partial charge on any atom is 0.237 e. The Morgan fingerprint density at radius 3 is 2.35 bits per heavy atom. The number of imidazole rings is 1. The molecule has 0 saturated heterocycles. The molecule has 2 heterocycles. The lowest BCUT2D eigenvalue weighted by Crippen LogP contribution is -2.20. The fourth-order valence-corrected chi connectivity index (χ4v) is 3.35. The Balaban J connectivity index is 1.77. The molecule has 0 spiro atoms. The number of hydrogen-bond acceptors (Lipinski definition) is 4. The van der Waals surface area contributed by atoms with Gasteiger partial charge in [-0.2, -0.15) is 0 Å². The van der Waals surface area contributed by atoms with E-state index in [1.165, 1.54) is 12.5 Å². The van der Waals surface area contributed by atoms with Crippen LogP contribution in [0.2, 0.25) is 0 Å². The van der Waals surface area contributed by atoms with Gasteiger partial charge in [-0.25, -0.2) is 9.50 Å². The molecule has 0 saturated carbocycles. The van der Waals surface area contributed by atoms with Gasteiger partial charge in [0, 0.05) is 18.6 Å². The van der Waals surface area contributed by atoms with E-state index < -0.39 is 0 Å². The van der Waals surface area contributed by atoms with Gasteiger partial charge in [0.2, 0.25) is 11.8 Å². The summed E-state index contributed by atoms with van der Waals surface area (Å²) in [6.45, 7) is 8.38.